The summed E-state index contributed by atoms with van der Waals surface area (Å²) >= 11 is 3.30. The summed E-state index contributed by atoms with van der Waals surface area (Å²) in [6, 6.07) is -0.550. The Labute approximate surface area is 181 Å². The van der Waals surface area contributed by atoms with Gasteiger partial charge in [-0.25, -0.2) is 0 Å². The first kappa shape index (κ1) is 22.0. The monoisotopic (exact) mass is 433 g/mol. The van der Waals surface area contributed by atoms with E-state index in [0.29, 0.717) is 0 Å². The van der Waals surface area contributed by atoms with Gasteiger partial charge in [-0.1, -0.05) is 6.92 Å². The topological polar surface area (TPSA) is 61.4 Å². The van der Waals surface area contributed by atoms with Gasteiger partial charge >= 0.3 is 0 Å². The molecule has 0 unspecified atom stereocenters. The lowest BCUT2D eigenvalue weighted by molar-refractivity contribution is -0.129. The van der Waals surface area contributed by atoms with Gasteiger partial charge in [0.15, 0.2) is 0 Å². The first-order valence-electron chi connectivity index (χ1n) is 10.3. The molecule has 0 aliphatic carbocycles. The molecule has 0 bridgehead atoms. The molecule has 2 amide bonds. The Balaban J connectivity index is 1.78. The van der Waals surface area contributed by atoms with Gasteiger partial charge < -0.3 is 10.6 Å². The van der Waals surface area contributed by atoms with Crippen molar-refractivity contribution in [2.24, 2.45) is 0 Å². The van der Waals surface area contributed by atoms with Gasteiger partial charge in [0.2, 0.25) is 11.8 Å². The van der Waals surface area contributed by atoms with Crippen LogP contribution in [0.2, 0.25) is 0 Å². The van der Waals surface area contributed by atoms with Gasteiger partial charge in [-0.15, -0.1) is 22.7 Å². The van der Waals surface area contributed by atoms with Crippen molar-refractivity contribution in [3.8, 4) is 0 Å². The molecule has 5 nitrogen and oxygen atoms in total. The molecule has 1 fully saturated rings. The molecular formula is C22H31N3O2S2. The van der Waals surface area contributed by atoms with Crippen LogP contribution in [0.1, 0.15) is 53.5 Å². The van der Waals surface area contributed by atoms with Crippen LogP contribution < -0.4 is 10.6 Å². The SMILES string of the molecule is CCCN1[C@@H](C(=O)Nc2c(C)csc2C)CCC[C@H]1C(=O)Nc1c(C)csc1C. The minimum absolute atomic E-state index is 0.00319. The van der Waals surface area contributed by atoms with E-state index in [2.05, 4.69) is 33.2 Å². The maximum absolute atomic E-state index is 13.2. The van der Waals surface area contributed by atoms with E-state index in [9.17, 15) is 9.59 Å². The van der Waals surface area contributed by atoms with Gasteiger partial charge in [0, 0.05) is 9.75 Å². The molecule has 2 atom stereocenters. The number of piperidine rings is 1. The van der Waals surface area contributed by atoms with E-state index < -0.39 is 0 Å². The first-order valence-corrected chi connectivity index (χ1v) is 12.1. The predicted molar refractivity (Wildman–Crippen MR) is 123 cm³/mol. The molecule has 29 heavy (non-hydrogen) atoms. The van der Waals surface area contributed by atoms with E-state index in [1.807, 2.05) is 27.7 Å². The number of carbonyl (C=O) groups excluding carboxylic acids is 2. The molecule has 2 aromatic heterocycles. The second kappa shape index (κ2) is 9.41. The fraction of sp³-hybridized carbons (Fsp3) is 0.545. The average Bonchev–Trinajstić information content (AvgIpc) is 3.18. The third kappa shape index (κ3) is 4.73. The van der Waals surface area contributed by atoms with E-state index in [-0.39, 0.29) is 23.9 Å². The Morgan fingerprint density at radius 1 is 0.931 bits per heavy atom. The van der Waals surface area contributed by atoms with Crippen LogP contribution in [-0.2, 0) is 9.59 Å². The second-order valence-electron chi connectivity index (χ2n) is 7.88. The number of hydrogen-bond acceptors (Lipinski definition) is 5. The Kier molecular flexibility index (Phi) is 7.14. The minimum Gasteiger partial charge on any atom is -0.323 e. The van der Waals surface area contributed by atoms with Crippen molar-refractivity contribution >= 4 is 45.9 Å². The maximum Gasteiger partial charge on any atom is 0.241 e. The summed E-state index contributed by atoms with van der Waals surface area (Å²) in [6.07, 6.45) is 3.35. The number of nitrogens with one attached hydrogen (secondary N) is 2. The number of rotatable bonds is 6. The average molecular weight is 434 g/mol. The van der Waals surface area contributed by atoms with Crippen LogP contribution in [0.15, 0.2) is 10.8 Å². The summed E-state index contributed by atoms with van der Waals surface area (Å²) in [7, 11) is 0. The molecule has 3 rings (SSSR count). The number of nitrogens with zero attached hydrogens (tertiary/aromatic N) is 1. The molecule has 0 radical (unpaired) electrons. The number of aryl methyl sites for hydroxylation is 4. The molecule has 158 valence electrons. The van der Waals surface area contributed by atoms with Crippen molar-refractivity contribution in [2.45, 2.75) is 72.4 Å². The van der Waals surface area contributed by atoms with E-state index in [4.69, 9.17) is 0 Å². The highest BCUT2D eigenvalue weighted by Crippen LogP contribution is 2.31. The van der Waals surface area contributed by atoms with Crippen molar-refractivity contribution in [1.29, 1.82) is 0 Å². The first-order chi connectivity index (χ1) is 13.8. The highest BCUT2D eigenvalue weighted by Gasteiger charge is 2.38. The molecule has 2 N–H and O–H groups in total. The zero-order valence-electron chi connectivity index (χ0n) is 17.9. The van der Waals surface area contributed by atoms with Crippen LogP contribution in [0.4, 0.5) is 11.4 Å². The standard InChI is InChI=1S/C22H31N3O2S2/c1-6-10-25-17(21(26)23-19-13(2)11-28-15(19)4)8-7-9-18(25)22(27)24-20-14(3)12-29-16(20)5/h11-12,17-18H,6-10H2,1-5H3,(H,23,26)(H,24,27)/t17-,18+. The third-order valence-electron chi connectivity index (χ3n) is 5.66. The molecule has 0 saturated carbocycles. The van der Waals surface area contributed by atoms with E-state index >= 15 is 0 Å². The molecule has 1 saturated heterocycles. The molecule has 3 heterocycles. The van der Waals surface area contributed by atoms with Gasteiger partial charge in [0.05, 0.1) is 23.5 Å². The van der Waals surface area contributed by atoms with Crippen molar-refractivity contribution in [1.82, 2.24) is 4.90 Å². The molecule has 2 aromatic rings. The van der Waals surface area contributed by atoms with E-state index in [1.54, 1.807) is 22.7 Å². The number of likely N-dealkylation sites (tertiary alicyclic amines) is 1. The minimum atomic E-state index is -0.275. The molecule has 1 aliphatic rings. The third-order valence-corrected chi connectivity index (χ3v) is 7.72. The Hall–Kier alpha value is -1.70. The van der Waals surface area contributed by atoms with E-state index in [1.165, 1.54) is 0 Å². The summed E-state index contributed by atoms with van der Waals surface area (Å²) < 4.78 is 0. The largest absolute Gasteiger partial charge is 0.323 e. The van der Waals surface area contributed by atoms with Crippen molar-refractivity contribution in [3.63, 3.8) is 0 Å². The van der Waals surface area contributed by atoms with Crippen LogP contribution in [0.25, 0.3) is 0 Å². The van der Waals surface area contributed by atoms with Gasteiger partial charge in [0.1, 0.15) is 0 Å². The molecular weight excluding hydrogens is 402 g/mol. The maximum atomic E-state index is 13.2. The number of thiophene rings is 2. The Morgan fingerprint density at radius 3 is 1.72 bits per heavy atom. The van der Waals surface area contributed by atoms with Crippen LogP contribution in [0.3, 0.4) is 0 Å². The lowest BCUT2D eigenvalue weighted by Gasteiger charge is -2.40. The van der Waals surface area contributed by atoms with Gasteiger partial charge in [-0.3, -0.25) is 14.5 Å². The summed E-state index contributed by atoms with van der Waals surface area (Å²) in [5.74, 6) is 0.00638. The van der Waals surface area contributed by atoms with Gasteiger partial charge in [0.25, 0.3) is 0 Å². The molecule has 7 heteroatoms. The van der Waals surface area contributed by atoms with E-state index in [0.717, 1.165) is 64.5 Å². The second-order valence-corrected chi connectivity index (χ2v) is 10.0. The summed E-state index contributed by atoms with van der Waals surface area (Å²) in [6.45, 7) is 10.9. The van der Waals surface area contributed by atoms with Crippen LogP contribution >= 0.6 is 22.7 Å². The zero-order valence-corrected chi connectivity index (χ0v) is 19.6. The Bertz CT molecular complexity index is 779. The normalized spacial score (nSPS) is 19.9. The summed E-state index contributed by atoms with van der Waals surface area (Å²) in [5.41, 5.74) is 4.04. The molecule has 0 aromatic carbocycles. The number of amides is 2. The fourth-order valence-corrected chi connectivity index (χ4v) is 5.72. The highest BCUT2D eigenvalue weighted by atomic mass is 32.1. The van der Waals surface area contributed by atoms with Crippen LogP contribution in [0, 0.1) is 27.7 Å². The molecule has 1 aliphatic heterocycles. The molecule has 0 spiro atoms. The lowest BCUT2D eigenvalue weighted by Crippen LogP contribution is -2.56. The lowest BCUT2D eigenvalue weighted by atomic mass is 9.93. The van der Waals surface area contributed by atoms with Crippen molar-refractivity contribution < 1.29 is 9.59 Å². The highest BCUT2D eigenvalue weighted by molar-refractivity contribution is 7.10. The Morgan fingerprint density at radius 2 is 1.38 bits per heavy atom. The smallest absolute Gasteiger partial charge is 0.241 e. The van der Waals surface area contributed by atoms with Crippen LogP contribution in [-0.4, -0.2) is 35.3 Å². The van der Waals surface area contributed by atoms with Gasteiger partial charge in [-0.2, -0.15) is 0 Å². The number of anilines is 2. The number of hydrogen-bond donors (Lipinski definition) is 2. The van der Waals surface area contributed by atoms with Crippen molar-refractivity contribution in [2.75, 3.05) is 17.2 Å². The quantitative estimate of drug-likeness (QED) is 0.654. The summed E-state index contributed by atoms with van der Waals surface area (Å²) in [5, 5.41) is 10.4. The summed E-state index contributed by atoms with van der Waals surface area (Å²) in [4.78, 5) is 30.7. The number of carbonyl (C=O) groups is 2. The van der Waals surface area contributed by atoms with Crippen LogP contribution in [0.5, 0.6) is 0 Å². The van der Waals surface area contributed by atoms with Crippen molar-refractivity contribution in [3.05, 3.63) is 31.6 Å². The zero-order chi connectivity index (χ0) is 21.1. The predicted octanol–water partition coefficient (Wildman–Crippen LogP) is 5.25. The fourth-order valence-electron chi connectivity index (χ4n) is 4.12. The van der Waals surface area contributed by atoms with Gasteiger partial charge in [-0.05, 0) is 81.8 Å².